The molecule has 1 atom stereocenters. The van der Waals surface area contributed by atoms with Gasteiger partial charge in [0.1, 0.15) is 5.75 Å². The van der Waals surface area contributed by atoms with Gasteiger partial charge < -0.3 is 20.5 Å². The van der Waals surface area contributed by atoms with Crippen molar-refractivity contribution in [2.75, 3.05) is 18.5 Å². The predicted octanol–water partition coefficient (Wildman–Crippen LogP) is 3.27. The fourth-order valence-electron chi connectivity index (χ4n) is 1.95. The second-order valence-corrected chi connectivity index (χ2v) is 5.59. The van der Waals surface area contributed by atoms with Gasteiger partial charge in [-0.15, -0.1) is 0 Å². The Morgan fingerprint density at radius 1 is 1.43 bits per heavy atom. The zero-order valence-electron chi connectivity index (χ0n) is 12.6. The summed E-state index contributed by atoms with van der Waals surface area (Å²) >= 11 is 6.06. The number of hydrogen-bond donors (Lipinski definition) is 3. The van der Waals surface area contributed by atoms with Gasteiger partial charge in [-0.05, 0) is 37.5 Å². The molecule has 0 heterocycles. The first-order valence-corrected chi connectivity index (χ1v) is 7.44. The first-order chi connectivity index (χ1) is 9.96. The highest BCUT2D eigenvalue weighted by molar-refractivity contribution is 6.32. The quantitative estimate of drug-likeness (QED) is 0.723. The van der Waals surface area contributed by atoms with Crippen LogP contribution in [0.5, 0.6) is 5.75 Å². The van der Waals surface area contributed by atoms with E-state index in [1.807, 2.05) is 20.8 Å². The van der Waals surface area contributed by atoms with Crippen LogP contribution < -0.4 is 15.4 Å². The van der Waals surface area contributed by atoms with E-state index in [2.05, 4.69) is 10.6 Å². The number of aliphatic hydroxyl groups is 1. The highest BCUT2D eigenvalue weighted by Gasteiger charge is 2.13. The summed E-state index contributed by atoms with van der Waals surface area (Å²) in [6.07, 6.45) is 0.716. The molecule has 3 N–H and O–H groups in total. The maximum atomic E-state index is 11.9. The molecule has 2 amide bonds. The lowest BCUT2D eigenvalue weighted by Gasteiger charge is -2.18. The van der Waals surface area contributed by atoms with E-state index >= 15 is 0 Å². The summed E-state index contributed by atoms with van der Waals surface area (Å²) in [4.78, 5) is 11.9. The van der Waals surface area contributed by atoms with Crippen molar-refractivity contribution in [3.8, 4) is 5.75 Å². The Morgan fingerprint density at radius 2 is 2.14 bits per heavy atom. The molecule has 0 aromatic heterocycles. The molecule has 0 saturated carbocycles. The van der Waals surface area contributed by atoms with Crippen LogP contribution in [0.4, 0.5) is 10.5 Å². The van der Waals surface area contributed by atoms with E-state index < -0.39 is 0 Å². The lowest BCUT2D eigenvalue weighted by molar-refractivity contribution is 0.214. The van der Waals surface area contributed by atoms with Gasteiger partial charge in [-0.2, -0.15) is 0 Å². The predicted molar refractivity (Wildman–Crippen MR) is 85.1 cm³/mol. The number of hydrogen-bond acceptors (Lipinski definition) is 3. The first-order valence-electron chi connectivity index (χ1n) is 7.07. The molecule has 0 radical (unpaired) electrons. The molecule has 0 aliphatic heterocycles. The first kappa shape index (κ1) is 17.6. The van der Waals surface area contributed by atoms with Crippen LogP contribution in [-0.4, -0.2) is 30.4 Å². The Bertz CT molecular complexity index is 466. The fraction of sp³-hybridized carbons (Fsp3) is 0.533. The standard InChI is InChI=1S/C15H23ClN2O3/c1-4-21-14-6-5-11(8-13(14)16)17-15(20)18-12(9-19)7-10(2)3/h5-6,8,10,12,19H,4,7,9H2,1-3H3,(H2,17,18,20). The second-order valence-electron chi connectivity index (χ2n) is 5.19. The molecule has 6 heteroatoms. The van der Waals surface area contributed by atoms with Gasteiger partial charge >= 0.3 is 6.03 Å². The number of nitrogens with one attached hydrogen (secondary N) is 2. The van der Waals surface area contributed by atoms with Crippen LogP contribution in [-0.2, 0) is 0 Å². The summed E-state index contributed by atoms with van der Waals surface area (Å²) in [6, 6.07) is 4.42. The number of benzene rings is 1. The molecule has 1 aromatic rings. The average molecular weight is 315 g/mol. The van der Waals surface area contributed by atoms with Gasteiger partial charge in [0.25, 0.3) is 0 Å². The van der Waals surface area contributed by atoms with Crippen LogP contribution in [0.15, 0.2) is 18.2 Å². The molecule has 0 aliphatic carbocycles. The van der Waals surface area contributed by atoms with E-state index in [4.69, 9.17) is 16.3 Å². The van der Waals surface area contributed by atoms with Gasteiger partial charge in [-0.25, -0.2) is 4.79 Å². The van der Waals surface area contributed by atoms with Crippen molar-refractivity contribution >= 4 is 23.3 Å². The van der Waals surface area contributed by atoms with Crippen LogP contribution >= 0.6 is 11.6 Å². The smallest absolute Gasteiger partial charge is 0.319 e. The third-order valence-corrected chi connectivity index (χ3v) is 3.10. The van der Waals surface area contributed by atoms with Gasteiger partial charge in [-0.1, -0.05) is 25.4 Å². The number of amides is 2. The summed E-state index contributed by atoms with van der Waals surface area (Å²) < 4.78 is 5.33. The Kier molecular flexibility index (Phi) is 7.32. The number of ether oxygens (including phenoxy) is 1. The van der Waals surface area contributed by atoms with Crippen molar-refractivity contribution in [3.05, 3.63) is 23.2 Å². The second kappa shape index (κ2) is 8.74. The van der Waals surface area contributed by atoms with Crippen LogP contribution in [0.2, 0.25) is 5.02 Å². The minimum atomic E-state index is -0.366. The van der Waals surface area contributed by atoms with Crippen LogP contribution in [0.25, 0.3) is 0 Å². The maximum Gasteiger partial charge on any atom is 0.319 e. The van der Waals surface area contributed by atoms with Crippen molar-refractivity contribution in [1.29, 1.82) is 0 Å². The third-order valence-electron chi connectivity index (χ3n) is 2.80. The molecule has 0 fully saturated rings. The number of carbonyl (C=O) groups excluding carboxylic acids is 1. The molecule has 1 rings (SSSR count). The van der Waals surface area contributed by atoms with Crippen molar-refractivity contribution in [2.45, 2.75) is 33.2 Å². The third kappa shape index (κ3) is 6.23. The Morgan fingerprint density at radius 3 is 2.67 bits per heavy atom. The van der Waals surface area contributed by atoms with E-state index in [0.717, 1.165) is 0 Å². The molecule has 0 bridgehead atoms. The minimum absolute atomic E-state index is 0.0877. The van der Waals surface area contributed by atoms with Gasteiger partial charge in [0, 0.05) is 5.69 Å². The van der Waals surface area contributed by atoms with Gasteiger partial charge in [0.15, 0.2) is 0 Å². The summed E-state index contributed by atoms with van der Waals surface area (Å²) in [6.45, 7) is 6.39. The Hall–Kier alpha value is -1.46. The van der Waals surface area contributed by atoms with E-state index in [-0.39, 0.29) is 18.7 Å². The van der Waals surface area contributed by atoms with E-state index in [1.165, 1.54) is 0 Å². The van der Waals surface area contributed by atoms with E-state index in [0.29, 0.717) is 35.4 Å². The Balaban J connectivity index is 2.60. The summed E-state index contributed by atoms with van der Waals surface area (Å²) in [7, 11) is 0. The van der Waals surface area contributed by atoms with Gasteiger partial charge in [0.2, 0.25) is 0 Å². The highest BCUT2D eigenvalue weighted by atomic mass is 35.5. The van der Waals surface area contributed by atoms with Crippen LogP contribution in [0.1, 0.15) is 27.2 Å². The SMILES string of the molecule is CCOc1ccc(NC(=O)NC(CO)CC(C)C)cc1Cl. The van der Waals surface area contributed by atoms with Crippen molar-refractivity contribution in [2.24, 2.45) is 5.92 Å². The monoisotopic (exact) mass is 314 g/mol. The normalized spacial score (nSPS) is 12.1. The van der Waals surface area contributed by atoms with E-state index in [9.17, 15) is 9.90 Å². The molecule has 1 unspecified atom stereocenters. The lowest BCUT2D eigenvalue weighted by atomic mass is 10.0. The summed E-state index contributed by atoms with van der Waals surface area (Å²) in [5, 5.41) is 15.1. The number of urea groups is 1. The molecule has 0 saturated heterocycles. The molecule has 0 aliphatic rings. The molecular weight excluding hydrogens is 292 g/mol. The van der Waals surface area contributed by atoms with Gasteiger partial charge in [-0.3, -0.25) is 0 Å². The topological polar surface area (TPSA) is 70.6 Å². The largest absolute Gasteiger partial charge is 0.492 e. The molecule has 0 spiro atoms. The maximum absolute atomic E-state index is 11.9. The number of anilines is 1. The molecule has 118 valence electrons. The lowest BCUT2D eigenvalue weighted by Crippen LogP contribution is -2.40. The number of carbonyl (C=O) groups is 1. The molecule has 21 heavy (non-hydrogen) atoms. The average Bonchev–Trinajstić information content (AvgIpc) is 2.40. The highest BCUT2D eigenvalue weighted by Crippen LogP contribution is 2.27. The van der Waals surface area contributed by atoms with Crippen molar-refractivity contribution in [1.82, 2.24) is 5.32 Å². The van der Waals surface area contributed by atoms with Gasteiger partial charge in [0.05, 0.1) is 24.3 Å². The number of halogens is 1. The number of rotatable bonds is 7. The molecular formula is C15H23ClN2O3. The number of aliphatic hydroxyl groups excluding tert-OH is 1. The van der Waals surface area contributed by atoms with Crippen LogP contribution in [0, 0.1) is 5.92 Å². The zero-order chi connectivity index (χ0) is 15.8. The van der Waals surface area contributed by atoms with Crippen LogP contribution in [0.3, 0.4) is 0 Å². The van der Waals surface area contributed by atoms with Crippen molar-refractivity contribution < 1.29 is 14.6 Å². The molecule has 1 aromatic carbocycles. The fourth-order valence-corrected chi connectivity index (χ4v) is 2.19. The minimum Gasteiger partial charge on any atom is -0.492 e. The molecule has 5 nitrogen and oxygen atoms in total. The van der Waals surface area contributed by atoms with Crippen molar-refractivity contribution in [3.63, 3.8) is 0 Å². The zero-order valence-corrected chi connectivity index (χ0v) is 13.4. The summed E-state index contributed by atoms with van der Waals surface area (Å²) in [5.41, 5.74) is 0.571. The van der Waals surface area contributed by atoms with E-state index in [1.54, 1.807) is 18.2 Å². The Labute approximate surface area is 130 Å². The summed E-state index contributed by atoms with van der Waals surface area (Å²) in [5.74, 6) is 0.973.